The summed E-state index contributed by atoms with van der Waals surface area (Å²) < 4.78 is 0. The number of rotatable bonds is 5. The average Bonchev–Trinajstić information content (AvgIpc) is 2.12. The van der Waals surface area contributed by atoms with Crippen LogP contribution in [0.2, 0.25) is 0 Å². The monoisotopic (exact) mass is 202 g/mol. The molecule has 0 aromatic heterocycles. The third kappa shape index (κ3) is 2.99. The molecule has 0 aliphatic carbocycles. The molecule has 0 bridgehead atoms. The van der Waals surface area contributed by atoms with E-state index in [0.29, 0.717) is 19.4 Å². The fourth-order valence-electron chi connectivity index (χ4n) is 0.876. The first-order valence-electron chi connectivity index (χ1n) is 4.54. The number of carbonyl (C=O) groups is 2. The van der Waals surface area contributed by atoms with Crippen molar-refractivity contribution in [1.29, 1.82) is 0 Å². The van der Waals surface area contributed by atoms with Gasteiger partial charge < -0.3 is 15.7 Å². The Hall–Kier alpha value is -1.10. The number of nitrogens with zero attached hydrogens (tertiary/aromatic N) is 1. The summed E-state index contributed by atoms with van der Waals surface area (Å²) in [5.41, 5.74) is 4.10. The van der Waals surface area contributed by atoms with Crippen LogP contribution in [0.1, 0.15) is 26.7 Å². The van der Waals surface area contributed by atoms with Crippen LogP contribution in [0, 0.1) is 0 Å². The molecule has 0 saturated carbocycles. The number of amides is 1. The lowest BCUT2D eigenvalue weighted by atomic mass is 10.0. The topological polar surface area (TPSA) is 83.6 Å². The number of carboxylic acids is 1. The van der Waals surface area contributed by atoms with Gasteiger partial charge in [-0.2, -0.15) is 0 Å². The van der Waals surface area contributed by atoms with Crippen LogP contribution in [0.15, 0.2) is 0 Å². The fourth-order valence-corrected chi connectivity index (χ4v) is 0.876. The van der Waals surface area contributed by atoms with Crippen LogP contribution in [-0.4, -0.2) is 41.0 Å². The minimum absolute atomic E-state index is 0.192. The second kappa shape index (κ2) is 4.95. The second-order valence-electron chi connectivity index (χ2n) is 3.71. The summed E-state index contributed by atoms with van der Waals surface area (Å²) in [5, 5.41) is 8.87. The van der Waals surface area contributed by atoms with Gasteiger partial charge in [0.1, 0.15) is 5.54 Å². The SMILES string of the molecule is CN(C(=O)CCCN)C(C)(C)C(=O)O. The van der Waals surface area contributed by atoms with Crippen molar-refractivity contribution in [2.75, 3.05) is 13.6 Å². The van der Waals surface area contributed by atoms with Gasteiger partial charge in [-0.25, -0.2) is 4.79 Å². The van der Waals surface area contributed by atoms with Crippen molar-refractivity contribution in [3.8, 4) is 0 Å². The highest BCUT2D eigenvalue weighted by Gasteiger charge is 2.34. The second-order valence-corrected chi connectivity index (χ2v) is 3.71. The molecule has 3 N–H and O–H groups in total. The first-order valence-corrected chi connectivity index (χ1v) is 4.54. The van der Waals surface area contributed by atoms with Crippen molar-refractivity contribution in [2.24, 2.45) is 5.73 Å². The van der Waals surface area contributed by atoms with Gasteiger partial charge in [0.25, 0.3) is 0 Å². The van der Waals surface area contributed by atoms with Crippen LogP contribution in [0.3, 0.4) is 0 Å². The fraction of sp³-hybridized carbons (Fsp3) is 0.778. The first-order chi connectivity index (χ1) is 6.34. The van der Waals surface area contributed by atoms with Crippen molar-refractivity contribution in [2.45, 2.75) is 32.2 Å². The molecule has 0 spiro atoms. The van der Waals surface area contributed by atoms with Crippen LogP contribution >= 0.6 is 0 Å². The number of hydrogen-bond donors (Lipinski definition) is 2. The highest BCUT2D eigenvalue weighted by Crippen LogP contribution is 2.13. The molecule has 0 atom stereocenters. The van der Waals surface area contributed by atoms with Gasteiger partial charge in [0.05, 0.1) is 0 Å². The molecule has 0 heterocycles. The molecule has 0 rings (SSSR count). The van der Waals surface area contributed by atoms with E-state index in [0.717, 1.165) is 0 Å². The normalized spacial score (nSPS) is 11.1. The predicted octanol–water partition coefficient (Wildman–Crippen LogP) is 0.0469. The maximum atomic E-state index is 11.5. The third-order valence-electron chi connectivity index (χ3n) is 2.33. The van der Waals surface area contributed by atoms with E-state index in [1.807, 2.05) is 0 Å². The van der Waals surface area contributed by atoms with Crippen LogP contribution < -0.4 is 5.73 Å². The zero-order valence-corrected chi connectivity index (χ0v) is 8.91. The van der Waals surface area contributed by atoms with Gasteiger partial charge in [-0.3, -0.25) is 4.79 Å². The Morgan fingerprint density at radius 2 is 1.93 bits per heavy atom. The van der Waals surface area contributed by atoms with Gasteiger partial charge in [-0.1, -0.05) is 0 Å². The summed E-state index contributed by atoms with van der Waals surface area (Å²) in [6.07, 6.45) is 0.878. The molecule has 5 nitrogen and oxygen atoms in total. The Morgan fingerprint density at radius 3 is 2.29 bits per heavy atom. The van der Waals surface area contributed by atoms with Crippen molar-refractivity contribution < 1.29 is 14.7 Å². The molecule has 0 saturated heterocycles. The molecular weight excluding hydrogens is 184 g/mol. The summed E-state index contributed by atoms with van der Waals surface area (Å²) in [6, 6.07) is 0. The number of nitrogens with two attached hydrogens (primary N) is 1. The van der Waals surface area contributed by atoms with Gasteiger partial charge in [0.2, 0.25) is 5.91 Å². The lowest BCUT2D eigenvalue weighted by Crippen LogP contribution is -2.50. The van der Waals surface area contributed by atoms with Gasteiger partial charge in [-0.15, -0.1) is 0 Å². The smallest absolute Gasteiger partial charge is 0.329 e. The summed E-state index contributed by atoms with van der Waals surface area (Å²) >= 11 is 0. The molecule has 0 aliphatic rings. The van der Waals surface area contributed by atoms with Gasteiger partial charge in [0.15, 0.2) is 0 Å². The molecule has 0 fully saturated rings. The molecule has 14 heavy (non-hydrogen) atoms. The Balaban J connectivity index is 4.37. The summed E-state index contributed by atoms with van der Waals surface area (Å²) in [6.45, 7) is 3.43. The number of hydrogen-bond acceptors (Lipinski definition) is 3. The lowest BCUT2D eigenvalue weighted by molar-refractivity contribution is -0.155. The van der Waals surface area contributed by atoms with Crippen LogP contribution in [0.25, 0.3) is 0 Å². The first kappa shape index (κ1) is 12.9. The predicted molar refractivity (Wildman–Crippen MR) is 52.8 cm³/mol. The van der Waals surface area contributed by atoms with E-state index < -0.39 is 11.5 Å². The van der Waals surface area contributed by atoms with E-state index in [2.05, 4.69) is 0 Å². The lowest BCUT2D eigenvalue weighted by Gasteiger charge is -2.31. The van der Waals surface area contributed by atoms with Crippen molar-refractivity contribution in [1.82, 2.24) is 4.90 Å². The summed E-state index contributed by atoms with van der Waals surface area (Å²) in [5.74, 6) is -1.20. The maximum Gasteiger partial charge on any atom is 0.329 e. The Labute approximate surface area is 83.9 Å². The zero-order valence-electron chi connectivity index (χ0n) is 8.91. The molecule has 0 aliphatic heterocycles. The number of carbonyl (C=O) groups excluding carboxylic acids is 1. The van der Waals surface area contributed by atoms with Crippen molar-refractivity contribution in [3.05, 3.63) is 0 Å². The van der Waals surface area contributed by atoms with Gasteiger partial charge >= 0.3 is 5.97 Å². The van der Waals surface area contributed by atoms with E-state index >= 15 is 0 Å². The molecule has 82 valence electrons. The molecule has 0 aromatic carbocycles. The summed E-state index contributed by atoms with van der Waals surface area (Å²) in [4.78, 5) is 23.5. The quantitative estimate of drug-likeness (QED) is 0.659. The number of likely N-dealkylation sites (N-methyl/N-ethyl adjacent to an activating group) is 1. The van der Waals surface area contributed by atoms with Crippen LogP contribution in [0.5, 0.6) is 0 Å². The molecule has 5 heteroatoms. The zero-order chi connectivity index (χ0) is 11.4. The van der Waals surface area contributed by atoms with Crippen LogP contribution in [-0.2, 0) is 9.59 Å². The number of aliphatic carboxylic acids is 1. The number of carboxylic acid groups (broad SMARTS) is 1. The molecule has 0 aromatic rings. The maximum absolute atomic E-state index is 11.5. The van der Waals surface area contributed by atoms with Crippen molar-refractivity contribution in [3.63, 3.8) is 0 Å². The standard InChI is InChI=1S/C9H18N2O3/c1-9(2,8(13)14)11(3)7(12)5-4-6-10/h4-6,10H2,1-3H3,(H,13,14). The molecule has 0 unspecified atom stereocenters. The Morgan fingerprint density at radius 1 is 1.43 bits per heavy atom. The third-order valence-corrected chi connectivity index (χ3v) is 2.33. The largest absolute Gasteiger partial charge is 0.480 e. The van der Waals surface area contributed by atoms with E-state index in [1.54, 1.807) is 0 Å². The van der Waals surface area contributed by atoms with Gasteiger partial charge in [-0.05, 0) is 26.8 Å². The Bertz CT molecular complexity index is 226. The highest BCUT2D eigenvalue weighted by molar-refractivity contribution is 5.86. The van der Waals surface area contributed by atoms with E-state index in [-0.39, 0.29) is 5.91 Å². The minimum Gasteiger partial charge on any atom is -0.480 e. The van der Waals surface area contributed by atoms with Crippen LogP contribution in [0.4, 0.5) is 0 Å². The molecule has 0 radical (unpaired) electrons. The minimum atomic E-state index is -1.16. The van der Waals surface area contributed by atoms with E-state index in [4.69, 9.17) is 10.8 Å². The molecule has 1 amide bonds. The van der Waals surface area contributed by atoms with Crippen molar-refractivity contribution >= 4 is 11.9 Å². The van der Waals surface area contributed by atoms with E-state index in [1.165, 1.54) is 25.8 Å². The Kier molecular flexibility index (Phi) is 4.56. The average molecular weight is 202 g/mol. The summed E-state index contributed by atoms with van der Waals surface area (Å²) in [7, 11) is 1.49. The van der Waals surface area contributed by atoms with Gasteiger partial charge in [0, 0.05) is 13.5 Å². The highest BCUT2D eigenvalue weighted by atomic mass is 16.4. The van der Waals surface area contributed by atoms with E-state index in [9.17, 15) is 9.59 Å². The molecular formula is C9H18N2O3.